The first kappa shape index (κ1) is 13.4. The minimum absolute atomic E-state index is 0.400. The highest BCUT2D eigenvalue weighted by atomic mass is 32.2. The summed E-state index contributed by atoms with van der Waals surface area (Å²) in [5.41, 5.74) is 0. The smallest absolute Gasteiger partial charge is 0.183 e. The number of thioether (sulfide) groups is 1. The van der Waals surface area contributed by atoms with Crippen LogP contribution in [0.5, 0.6) is 0 Å². The van der Waals surface area contributed by atoms with Crippen molar-refractivity contribution < 1.29 is 0 Å². The summed E-state index contributed by atoms with van der Waals surface area (Å²) in [5, 5.41) is 12.0. The molecule has 0 aromatic heterocycles. The molecule has 2 atom stereocenters. The summed E-state index contributed by atoms with van der Waals surface area (Å²) in [6.45, 7) is 4.55. The van der Waals surface area contributed by atoms with Gasteiger partial charge >= 0.3 is 0 Å². The van der Waals surface area contributed by atoms with Gasteiger partial charge in [0.2, 0.25) is 0 Å². The molecule has 0 bridgehead atoms. The molecule has 0 heterocycles. The highest BCUT2D eigenvalue weighted by Crippen LogP contribution is 2.32. The van der Waals surface area contributed by atoms with Crippen LogP contribution in [0.25, 0.3) is 0 Å². The fraction of sp³-hybridized carbons (Fsp3) is 0.833. The molecule has 90 valence electrons. The van der Waals surface area contributed by atoms with E-state index < -0.39 is 0 Å². The van der Waals surface area contributed by atoms with Gasteiger partial charge in [0.15, 0.2) is 11.4 Å². The van der Waals surface area contributed by atoms with Crippen LogP contribution < -0.4 is 5.32 Å². The minimum Gasteiger partial charge on any atom is -0.272 e. The Morgan fingerprint density at radius 3 is 2.69 bits per heavy atom. The minimum atomic E-state index is 0.400. The molecule has 1 saturated carbocycles. The molecular weight excluding hydrogens is 218 g/mol. The molecule has 1 aliphatic carbocycles. The van der Waals surface area contributed by atoms with Crippen LogP contribution in [0.15, 0.2) is 4.99 Å². The summed E-state index contributed by atoms with van der Waals surface area (Å²) >= 11 is 1.52. The third-order valence-electron chi connectivity index (χ3n) is 3.28. The van der Waals surface area contributed by atoms with E-state index in [1.54, 1.807) is 0 Å². The zero-order chi connectivity index (χ0) is 12.0. The number of hydrogen-bond acceptors (Lipinski definition) is 3. The summed E-state index contributed by atoms with van der Waals surface area (Å²) < 4.78 is 0. The van der Waals surface area contributed by atoms with E-state index in [4.69, 9.17) is 10.3 Å². The summed E-state index contributed by atoms with van der Waals surface area (Å²) in [6, 6.07) is 0.400. The van der Waals surface area contributed by atoms with Crippen molar-refractivity contribution in [3.63, 3.8) is 0 Å². The Kier molecular flexibility index (Phi) is 5.68. The molecule has 1 fully saturated rings. The normalized spacial score (nSPS) is 26.6. The Morgan fingerprint density at radius 1 is 1.44 bits per heavy atom. The highest BCUT2D eigenvalue weighted by molar-refractivity contribution is 8.13. The molecule has 0 saturated heterocycles. The summed E-state index contributed by atoms with van der Waals surface area (Å²) in [5.74, 6) is 1.36. The molecule has 0 radical (unpaired) electrons. The number of aliphatic imine (C=N–C) groups is 1. The van der Waals surface area contributed by atoms with Gasteiger partial charge in [-0.05, 0) is 30.9 Å². The molecule has 2 unspecified atom stereocenters. The number of hydrogen-bond donors (Lipinski definition) is 1. The van der Waals surface area contributed by atoms with Gasteiger partial charge in [0.25, 0.3) is 0 Å². The van der Waals surface area contributed by atoms with Crippen molar-refractivity contribution in [2.24, 2.45) is 16.8 Å². The van der Waals surface area contributed by atoms with E-state index in [9.17, 15) is 0 Å². The zero-order valence-corrected chi connectivity index (χ0v) is 11.2. The van der Waals surface area contributed by atoms with E-state index in [2.05, 4.69) is 19.2 Å². The lowest BCUT2D eigenvalue weighted by Gasteiger charge is -2.32. The van der Waals surface area contributed by atoms with Crippen LogP contribution in [0, 0.1) is 23.3 Å². The van der Waals surface area contributed by atoms with E-state index in [0.717, 1.165) is 5.17 Å². The van der Waals surface area contributed by atoms with E-state index in [0.29, 0.717) is 17.9 Å². The second-order valence-corrected chi connectivity index (χ2v) is 5.43. The molecule has 0 spiro atoms. The first-order valence-corrected chi connectivity index (χ1v) is 7.18. The molecular formula is C12H21N3S. The van der Waals surface area contributed by atoms with Crippen molar-refractivity contribution in [3.05, 3.63) is 0 Å². The topological polar surface area (TPSA) is 48.2 Å². The molecule has 0 aromatic carbocycles. The van der Waals surface area contributed by atoms with Crippen LogP contribution in [0.4, 0.5) is 0 Å². The van der Waals surface area contributed by atoms with Crippen LogP contribution in [-0.4, -0.2) is 17.5 Å². The van der Waals surface area contributed by atoms with Crippen molar-refractivity contribution >= 4 is 16.9 Å². The summed E-state index contributed by atoms with van der Waals surface area (Å²) in [6.07, 6.45) is 8.95. The van der Waals surface area contributed by atoms with Gasteiger partial charge < -0.3 is 0 Å². The largest absolute Gasteiger partial charge is 0.272 e. The van der Waals surface area contributed by atoms with Gasteiger partial charge in [-0.2, -0.15) is 5.26 Å². The highest BCUT2D eigenvalue weighted by Gasteiger charge is 2.27. The zero-order valence-electron chi connectivity index (χ0n) is 10.4. The van der Waals surface area contributed by atoms with Gasteiger partial charge in [0, 0.05) is 0 Å². The predicted octanol–water partition coefficient (Wildman–Crippen LogP) is 2.99. The van der Waals surface area contributed by atoms with Crippen molar-refractivity contribution in [1.82, 2.24) is 5.32 Å². The van der Waals surface area contributed by atoms with Crippen LogP contribution in [-0.2, 0) is 0 Å². The fourth-order valence-corrected chi connectivity index (χ4v) is 2.80. The molecule has 3 nitrogen and oxygen atoms in total. The van der Waals surface area contributed by atoms with Crippen molar-refractivity contribution in [2.75, 3.05) is 6.26 Å². The van der Waals surface area contributed by atoms with Crippen LogP contribution >= 0.6 is 11.8 Å². The lowest BCUT2D eigenvalue weighted by atomic mass is 9.78. The van der Waals surface area contributed by atoms with Crippen molar-refractivity contribution in [1.29, 1.82) is 5.26 Å². The van der Waals surface area contributed by atoms with Crippen LogP contribution in [0.1, 0.15) is 39.5 Å². The van der Waals surface area contributed by atoms with E-state index in [-0.39, 0.29) is 0 Å². The second-order valence-electron chi connectivity index (χ2n) is 4.63. The summed E-state index contributed by atoms with van der Waals surface area (Å²) in [7, 11) is 0. The molecule has 1 rings (SSSR count). The maximum absolute atomic E-state index is 8.62. The Hall–Kier alpha value is -0.690. The third kappa shape index (κ3) is 3.71. The summed E-state index contributed by atoms with van der Waals surface area (Å²) in [4.78, 5) is 4.69. The maximum atomic E-state index is 8.62. The first-order valence-electron chi connectivity index (χ1n) is 5.96. The second kappa shape index (κ2) is 6.80. The SMILES string of the molecule is CSC(=NC1CCCCC1C(C)C)NC#N. The van der Waals surface area contributed by atoms with Crippen LogP contribution in [0.2, 0.25) is 0 Å². The Morgan fingerprint density at radius 2 is 2.12 bits per heavy atom. The average molecular weight is 239 g/mol. The number of nitriles is 1. The van der Waals surface area contributed by atoms with E-state index >= 15 is 0 Å². The van der Waals surface area contributed by atoms with Gasteiger partial charge in [-0.1, -0.05) is 38.5 Å². The number of nitrogens with one attached hydrogen (secondary N) is 1. The molecule has 0 aromatic rings. The quantitative estimate of drug-likeness (QED) is 0.349. The lowest BCUT2D eigenvalue weighted by molar-refractivity contribution is 0.241. The molecule has 1 aliphatic rings. The Bertz CT molecular complexity index is 280. The van der Waals surface area contributed by atoms with Gasteiger partial charge in [-0.3, -0.25) is 10.3 Å². The lowest BCUT2D eigenvalue weighted by Crippen LogP contribution is -2.29. The maximum Gasteiger partial charge on any atom is 0.183 e. The molecule has 16 heavy (non-hydrogen) atoms. The molecule has 1 N–H and O–H groups in total. The standard InChI is InChI=1S/C12H21N3S/c1-9(2)10-6-4-5-7-11(10)15-12(16-3)14-8-13/h9-11H,4-7H2,1-3H3,(H,14,15). The van der Waals surface area contributed by atoms with Gasteiger partial charge in [0.1, 0.15) is 0 Å². The van der Waals surface area contributed by atoms with Crippen molar-refractivity contribution in [2.45, 2.75) is 45.6 Å². The van der Waals surface area contributed by atoms with Crippen molar-refractivity contribution in [3.8, 4) is 6.19 Å². The van der Waals surface area contributed by atoms with Gasteiger partial charge in [0.05, 0.1) is 6.04 Å². The van der Waals surface area contributed by atoms with Gasteiger partial charge in [-0.15, -0.1) is 0 Å². The molecule has 0 aliphatic heterocycles. The van der Waals surface area contributed by atoms with E-state index in [1.165, 1.54) is 37.4 Å². The average Bonchev–Trinajstić information content (AvgIpc) is 2.29. The number of rotatable bonds is 2. The Balaban J connectivity index is 2.71. The predicted molar refractivity (Wildman–Crippen MR) is 70.3 cm³/mol. The monoisotopic (exact) mass is 239 g/mol. The first-order chi connectivity index (χ1) is 7.69. The number of amidine groups is 1. The van der Waals surface area contributed by atoms with Crippen LogP contribution in [0.3, 0.4) is 0 Å². The number of nitrogens with zero attached hydrogens (tertiary/aromatic N) is 2. The van der Waals surface area contributed by atoms with Gasteiger partial charge in [-0.25, -0.2) is 0 Å². The third-order valence-corrected chi connectivity index (χ3v) is 3.87. The molecule has 4 heteroatoms. The molecule has 0 amide bonds. The fourth-order valence-electron chi connectivity index (χ4n) is 2.41. The Labute approximate surface area is 103 Å². The van der Waals surface area contributed by atoms with E-state index in [1.807, 2.05) is 12.4 Å².